The van der Waals surface area contributed by atoms with Gasteiger partial charge in [-0.1, -0.05) is 53.2 Å². The molecule has 1 N–H and O–H groups in total. The minimum atomic E-state index is -0.166. The molecule has 1 heterocycles. The first-order chi connectivity index (χ1) is 13.4. The molecule has 0 aliphatic rings. The van der Waals surface area contributed by atoms with E-state index in [0.29, 0.717) is 23.3 Å². The zero-order chi connectivity index (χ0) is 20.1. The second-order valence-corrected chi connectivity index (χ2v) is 7.27. The van der Waals surface area contributed by atoms with Crippen LogP contribution < -0.4 is 5.32 Å². The molecule has 0 fully saturated rings. The molecule has 146 valence electrons. The number of carbonyl (C=O) groups is 1. The molecule has 0 aliphatic carbocycles. The first-order valence-electron chi connectivity index (χ1n) is 9.01. The number of benzene rings is 2. The van der Waals surface area contributed by atoms with Gasteiger partial charge in [-0.05, 0) is 44.3 Å². The van der Waals surface area contributed by atoms with Crippen molar-refractivity contribution in [1.29, 1.82) is 0 Å². The minimum Gasteiger partial charge on any atom is -0.354 e. The molecule has 1 amide bonds. The van der Waals surface area contributed by atoms with Gasteiger partial charge in [0.1, 0.15) is 6.42 Å². The van der Waals surface area contributed by atoms with Crippen LogP contribution in [0.25, 0.3) is 11.4 Å². The predicted molar refractivity (Wildman–Crippen MR) is 109 cm³/mol. The van der Waals surface area contributed by atoms with Gasteiger partial charge in [0.05, 0.1) is 6.04 Å². The standard InChI is InChI=1S/C21H23ClN4O2/c1-14-6-4-5-7-17(14)21-24-20(28-25-21)12-19(27)23-13-18(26(2)3)15-8-10-16(22)11-9-15/h4-11,18H,12-13H2,1-3H3,(H,23,27). The monoisotopic (exact) mass is 398 g/mol. The highest BCUT2D eigenvalue weighted by molar-refractivity contribution is 6.30. The molecule has 0 saturated heterocycles. The van der Waals surface area contributed by atoms with Gasteiger partial charge in [-0.25, -0.2) is 0 Å². The fourth-order valence-electron chi connectivity index (χ4n) is 2.95. The molecule has 7 heteroatoms. The SMILES string of the molecule is Cc1ccccc1-c1noc(CC(=O)NCC(c2ccc(Cl)cc2)N(C)C)n1. The van der Waals surface area contributed by atoms with Gasteiger partial charge >= 0.3 is 0 Å². The van der Waals surface area contributed by atoms with E-state index in [-0.39, 0.29) is 18.4 Å². The largest absolute Gasteiger partial charge is 0.354 e. The van der Waals surface area contributed by atoms with Gasteiger partial charge in [0.25, 0.3) is 0 Å². The Morgan fingerprint density at radius 2 is 1.89 bits per heavy atom. The molecule has 1 atom stereocenters. The number of aromatic nitrogens is 2. The third-order valence-corrected chi connectivity index (χ3v) is 4.79. The maximum atomic E-state index is 12.4. The van der Waals surface area contributed by atoms with Crippen molar-refractivity contribution in [2.45, 2.75) is 19.4 Å². The number of aryl methyl sites for hydroxylation is 1. The lowest BCUT2D eigenvalue weighted by molar-refractivity contribution is -0.121. The van der Waals surface area contributed by atoms with Crippen LogP contribution >= 0.6 is 11.6 Å². The number of amides is 1. The lowest BCUT2D eigenvalue weighted by atomic mass is 10.1. The molecule has 28 heavy (non-hydrogen) atoms. The van der Waals surface area contributed by atoms with E-state index in [2.05, 4.69) is 15.5 Å². The number of hydrogen-bond donors (Lipinski definition) is 1. The van der Waals surface area contributed by atoms with E-state index >= 15 is 0 Å². The third kappa shape index (κ3) is 4.97. The number of halogens is 1. The van der Waals surface area contributed by atoms with Crippen LogP contribution in [0.4, 0.5) is 0 Å². The highest BCUT2D eigenvalue weighted by Crippen LogP contribution is 2.21. The molecular formula is C21H23ClN4O2. The molecule has 1 unspecified atom stereocenters. The Morgan fingerprint density at radius 1 is 1.18 bits per heavy atom. The van der Waals surface area contributed by atoms with E-state index in [0.717, 1.165) is 16.7 Å². The highest BCUT2D eigenvalue weighted by Gasteiger charge is 2.17. The third-order valence-electron chi connectivity index (χ3n) is 4.54. The van der Waals surface area contributed by atoms with Gasteiger partial charge in [-0.15, -0.1) is 0 Å². The normalized spacial score (nSPS) is 12.2. The molecule has 0 bridgehead atoms. The van der Waals surface area contributed by atoms with Crippen LogP contribution in [0.3, 0.4) is 0 Å². The fourth-order valence-corrected chi connectivity index (χ4v) is 3.08. The Hall–Kier alpha value is -2.70. The first-order valence-corrected chi connectivity index (χ1v) is 9.39. The van der Waals surface area contributed by atoms with Crippen LogP contribution in [0.2, 0.25) is 5.02 Å². The van der Waals surface area contributed by atoms with Gasteiger partial charge in [0, 0.05) is 17.1 Å². The van der Waals surface area contributed by atoms with Crippen LogP contribution in [-0.4, -0.2) is 41.6 Å². The average Bonchev–Trinajstić information content (AvgIpc) is 3.11. The van der Waals surface area contributed by atoms with Crippen LogP contribution in [0.1, 0.15) is 23.1 Å². The maximum absolute atomic E-state index is 12.4. The summed E-state index contributed by atoms with van der Waals surface area (Å²) in [5.74, 6) is 0.623. The van der Waals surface area contributed by atoms with E-state index < -0.39 is 0 Å². The quantitative estimate of drug-likeness (QED) is 0.657. The van der Waals surface area contributed by atoms with Gasteiger partial charge in [0.2, 0.25) is 17.6 Å². The van der Waals surface area contributed by atoms with Crippen molar-refractivity contribution in [3.8, 4) is 11.4 Å². The Balaban J connectivity index is 1.61. The average molecular weight is 399 g/mol. The van der Waals surface area contributed by atoms with E-state index in [9.17, 15) is 4.79 Å². The molecule has 0 saturated carbocycles. The number of likely N-dealkylation sites (N-methyl/N-ethyl adjacent to an activating group) is 1. The predicted octanol–water partition coefficient (Wildman–Crippen LogP) is 3.66. The topological polar surface area (TPSA) is 71.3 Å². The van der Waals surface area contributed by atoms with Gasteiger partial charge in [0.15, 0.2) is 0 Å². The second-order valence-electron chi connectivity index (χ2n) is 6.84. The van der Waals surface area contributed by atoms with E-state index in [1.165, 1.54) is 0 Å². The maximum Gasteiger partial charge on any atom is 0.236 e. The number of rotatable bonds is 7. The lowest BCUT2D eigenvalue weighted by Gasteiger charge is -2.25. The lowest BCUT2D eigenvalue weighted by Crippen LogP contribution is -2.35. The van der Waals surface area contributed by atoms with E-state index in [1.54, 1.807) is 0 Å². The first kappa shape index (κ1) is 20.0. The van der Waals surface area contributed by atoms with Gasteiger partial charge < -0.3 is 14.7 Å². The summed E-state index contributed by atoms with van der Waals surface area (Å²) >= 11 is 5.96. The molecule has 0 radical (unpaired) electrons. The van der Waals surface area contributed by atoms with Crippen molar-refractivity contribution in [3.63, 3.8) is 0 Å². The Kier molecular flexibility index (Phi) is 6.44. The summed E-state index contributed by atoms with van der Waals surface area (Å²) < 4.78 is 5.25. The number of carbonyl (C=O) groups excluding carboxylic acids is 1. The van der Waals surface area contributed by atoms with E-state index in [1.807, 2.05) is 74.4 Å². The van der Waals surface area contributed by atoms with Gasteiger partial charge in [-0.3, -0.25) is 4.79 Å². The summed E-state index contributed by atoms with van der Waals surface area (Å²) in [7, 11) is 3.94. The molecule has 0 aliphatic heterocycles. The number of nitrogens with zero attached hydrogens (tertiary/aromatic N) is 3. The van der Waals surface area contributed by atoms with Crippen molar-refractivity contribution in [3.05, 3.63) is 70.6 Å². The summed E-state index contributed by atoms with van der Waals surface area (Å²) in [4.78, 5) is 18.8. The zero-order valence-electron chi connectivity index (χ0n) is 16.1. The number of nitrogens with one attached hydrogen (secondary N) is 1. The summed E-state index contributed by atoms with van der Waals surface area (Å²) in [5.41, 5.74) is 3.03. The number of hydrogen-bond acceptors (Lipinski definition) is 5. The smallest absolute Gasteiger partial charge is 0.236 e. The van der Waals surface area contributed by atoms with Gasteiger partial charge in [-0.2, -0.15) is 4.98 Å². The summed E-state index contributed by atoms with van der Waals surface area (Å²) in [6.45, 7) is 2.45. The van der Waals surface area contributed by atoms with Crippen LogP contribution in [-0.2, 0) is 11.2 Å². The van der Waals surface area contributed by atoms with Crippen molar-refractivity contribution in [1.82, 2.24) is 20.4 Å². The molecule has 2 aromatic carbocycles. The molecule has 3 aromatic rings. The van der Waals surface area contributed by atoms with Crippen LogP contribution in [0.15, 0.2) is 53.1 Å². The minimum absolute atomic E-state index is 0.0337. The molecule has 6 nitrogen and oxygen atoms in total. The van der Waals surface area contributed by atoms with Crippen molar-refractivity contribution in [2.75, 3.05) is 20.6 Å². The van der Waals surface area contributed by atoms with Crippen LogP contribution in [0, 0.1) is 6.92 Å². The zero-order valence-corrected chi connectivity index (χ0v) is 16.9. The van der Waals surface area contributed by atoms with Crippen molar-refractivity contribution >= 4 is 17.5 Å². The Labute approximate surface area is 169 Å². The summed E-state index contributed by atoms with van der Waals surface area (Å²) in [6, 6.07) is 15.4. The molecule has 0 spiro atoms. The second kappa shape index (κ2) is 8.99. The fraction of sp³-hybridized carbons (Fsp3) is 0.286. The highest BCUT2D eigenvalue weighted by atomic mass is 35.5. The van der Waals surface area contributed by atoms with E-state index in [4.69, 9.17) is 16.1 Å². The molecular weight excluding hydrogens is 376 g/mol. The summed E-state index contributed by atoms with van der Waals surface area (Å²) in [5, 5.41) is 7.62. The van der Waals surface area contributed by atoms with Crippen molar-refractivity contribution in [2.24, 2.45) is 0 Å². The van der Waals surface area contributed by atoms with Crippen LogP contribution in [0.5, 0.6) is 0 Å². The Bertz CT molecular complexity index is 938. The Morgan fingerprint density at radius 3 is 2.57 bits per heavy atom. The summed E-state index contributed by atoms with van der Waals surface area (Å²) in [6.07, 6.45) is 0.0413. The molecule has 1 aromatic heterocycles. The van der Waals surface area contributed by atoms with Crippen molar-refractivity contribution < 1.29 is 9.32 Å². The molecule has 3 rings (SSSR count).